The van der Waals surface area contributed by atoms with Crippen LogP contribution in [0.1, 0.15) is 51.4 Å². The molecule has 0 radical (unpaired) electrons. The number of guanidine groups is 4. The van der Waals surface area contributed by atoms with Crippen molar-refractivity contribution in [3.05, 3.63) is 0 Å². The van der Waals surface area contributed by atoms with Crippen molar-refractivity contribution in [3.63, 3.8) is 0 Å². The molecular weight excluding hydrogens is 1050 g/mol. The summed E-state index contributed by atoms with van der Waals surface area (Å²) in [5, 5.41) is 53.8. The van der Waals surface area contributed by atoms with Gasteiger partial charge in [0.2, 0.25) is 0 Å². The second-order valence-electron chi connectivity index (χ2n) is 13.4. The van der Waals surface area contributed by atoms with Crippen LogP contribution in [0.15, 0.2) is 20.0 Å². The van der Waals surface area contributed by atoms with E-state index >= 15 is 0 Å². The average Bonchev–Trinajstić information content (AvgIpc) is 3.17. The summed E-state index contributed by atoms with van der Waals surface area (Å²) in [6.45, 7) is 10.1. The van der Waals surface area contributed by atoms with Gasteiger partial charge < -0.3 is 80.5 Å². The van der Waals surface area contributed by atoms with Crippen LogP contribution in [-0.2, 0) is 61.3 Å². The summed E-state index contributed by atoms with van der Waals surface area (Å²) in [5.41, 5.74) is 0. The van der Waals surface area contributed by atoms with Crippen LogP contribution < -0.4 is 41.7 Å². The van der Waals surface area contributed by atoms with Crippen molar-refractivity contribution < 1.29 is 81.7 Å². The predicted octanol–water partition coefficient (Wildman–Crippen LogP) is -7.37. The number of carboxylic acids is 4. The molecule has 8 rings (SSSR count). The average molecular weight is 1100 g/mol. The number of carbonyl (C=O) groups is 4. The van der Waals surface area contributed by atoms with Gasteiger partial charge in [-0.25, -0.2) is 0 Å². The van der Waals surface area contributed by atoms with E-state index in [1.807, 2.05) is 0 Å². The Morgan fingerprint density at radius 3 is 0.796 bits per heavy atom. The van der Waals surface area contributed by atoms with Crippen LogP contribution in [0.5, 0.6) is 0 Å². The van der Waals surface area contributed by atoms with Crippen LogP contribution in [0.3, 0.4) is 0 Å². The van der Waals surface area contributed by atoms with E-state index in [1.54, 1.807) is 0 Å². The Morgan fingerprint density at radius 2 is 0.611 bits per heavy atom. The molecule has 0 aromatic carbocycles. The van der Waals surface area contributed by atoms with Crippen molar-refractivity contribution >= 4 is 47.7 Å². The molecule has 0 aromatic heterocycles. The predicted molar refractivity (Wildman–Crippen MR) is 180 cm³/mol. The maximum atomic E-state index is 10.6. The summed E-state index contributed by atoms with van der Waals surface area (Å²) in [4.78, 5) is 67.6. The summed E-state index contributed by atoms with van der Waals surface area (Å²) < 4.78 is 0. The minimum atomic E-state index is -1.03. The minimum Gasteiger partial charge on any atom is -0.548 e. The molecule has 0 bridgehead atoms. The molecular formula is C32H48N12O8W2. The number of aliphatic imine (C=N–C) groups is 4. The van der Waals surface area contributed by atoms with E-state index in [4.69, 9.17) is 0 Å². The Morgan fingerprint density at radius 1 is 0.407 bits per heavy atom. The van der Waals surface area contributed by atoms with Gasteiger partial charge in [0.05, 0.1) is 48.0 Å². The zero-order chi connectivity index (χ0) is 37.0. The second-order valence-corrected chi connectivity index (χ2v) is 13.4. The summed E-state index contributed by atoms with van der Waals surface area (Å²) in [7, 11) is 0. The van der Waals surface area contributed by atoms with Crippen molar-refractivity contribution in [2.75, 3.05) is 78.5 Å². The first kappa shape index (κ1) is 44.7. The van der Waals surface area contributed by atoms with Crippen LogP contribution in [0.4, 0.5) is 0 Å². The molecule has 54 heavy (non-hydrogen) atoms. The standard InChI is InChI=1S/4C8H13N3O2.2W/c4*12-7(13)6-2-5-11-4-1-3-9-8(11)10-6;;/h4*6H,1-5H2,(H,9,10)(H,12,13);;/q;;;;2*+2/p-4. The SMILES string of the molecule is O=C([O-])C1CCN2CCCN=C2N1.O=C([O-])C1CCN2CCCN=C2N1.O=C([O-])C1CCN2CCCN=C2N1.O=C([O-])C1CCN2CCCN=C2N1.[W+2].[W+2]. The van der Waals surface area contributed by atoms with E-state index in [-0.39, 0.29) is 42.1 Å². The Labute approximate surface area is 342 Å². The topological polar surface area (TPSA) is 271 Å². The number of carbonyl (C=O) groups excluding carboxylic acids is 4. The first-order valence-corrected chi connectivity index (χ1v) is 18.2. The fourth-order valence-corrected chi connectivity index (χ4v) is 6.79. The summed E-state index contributed by atoms with van der Waals surface area (Å²) in [6, 6.07) is -2.25. The normalized spacial score (nSPS) is 26.2. The van der Waals surface area contributed by atoms with E-state index in [0.29, 0.717) is 25.7 Å². The van der Waals surface area contributed by atoms with Gasteiger partial charge in [-0.05, 0) is 51.4 Å². The fourth-order valence-electron chi connectivity index (χ4n) is 6.79. The molecule has 0 saturated carbocycles. The molecule has 8 heterocycles. The Bertz CT molecular complexity index is 1230. The Balaban J connectivity index is 0.000000191. The van der Waals surface area contributed by atoms with Crippen LogP contribution >= 0.6 is 0 Å². The maximum Gasteiger partial charge on any atom is 2.00 e. The van der Waals surface area contributed by atoms with Crippen LogP contribution in [0.25, 0.3) is 0 Å². The van der Waals surface area contributed by atoms with Gasteiger partial charge in [0.15, 0.2) is 23.8 Å². The van der Waals surface area contributed by atoms with Crippen LogP contribution in [0, 0.1) is 0 Å². The summed E-state index contributed by atoms with van der Waals surface area (Å²) in [5.74, 6) is -1.22. The first-order chi connectivity index (χ1) is 25.1. The number of nitrogens with one attached hydrogen (secondary N) is 4. The molecule has 296 valence electrons. The fraction of sp³-hybridized carbons (Fsp3) is 0.750. The zero-order valence-corrected chi connectivity index (χ0v) is 36.0. The second kappa shape index (κ2) is 22.0. The van der Waals surface area contributed by atoms with Crippen molar-refractivity contribution in [2.45, 2.75) is 75.5 Å². The third kappa shape index (κ3) is 12.7. The summed E-state index contributed by atoms with van der Waals surface area (Å²) in [6.07, 6.45) is 6.62. The molecule has 22 heteroatoms. The number of hydrogen-bond donors (Lipinski definition) is 4. The Hall–Kier alpha value is -3.66. The van der Waals surface area contributed by atoms with Gasteiger partial charge in [-0.15, -0.1) is 0 Å². The zero-order valence-electron chi connectivity index (χ0n) is 30.1. The number of aliphatic carboxylic acids is 4. The molecule has 8 aliphatic rings. The van der Waals surface area contributed by atoms with E-state index in [1.165, 1.54) is 0 Å². The van der Waals surface area contributed by atoms with Crippen molar-refractivity contribution in [3.8, 4) is 0 Å². The van der Waals surface area contributed by atoms with Gasteiger partial charge in [0, 0.05) is 78.5 Å². The van der Waals surface area contributed by atoms with Crippen molar-refractivity contribution in [1.82, 2.24) is 40.9 Å². The number of carboxylic acid groups (broad SMARTS) is 4. The van der Waals surface area contributed by atoms with Gasteiger partial charge in [-0.3, -0.25) is 20.0 Å². The molecule has 0 amide bonds. The van der Waals surface area contributed by atoms with E-state index < -0.39 is 48.0 Å². The molecule has 0 aliphatic carbocycles. The van der Waals surface area contributed by atoms with Crippen LogP contribution in [0.2, 0.25) is 0 Å². The number of hydrogen-bond acceptors (Lipinski definition) is 20. The molecule has 8 aliphatic heterocycles. The number of nitrogens with zero attached hydrogens (tertiary/aromatic N) is 8. The van der Waals surface area contributed by atoms with Gasteiger partial charge >= 0.3 is 42.1 Å². The molecule has 4 saturated heterocycles. The van der Waals surface area contributed by atoms with Gasteiger partial charge in [0.1, 0.15) is 0 Å². The third-order valence-electron chi connectivity index (χ3n) is 9.69. The summed E-state index contributed by atoms with van der Waals surface area (Å²) >= 11 is 0. The third-order valence-corrected chi connectivity index (χ3v) is 9.69. The molecule has 4 unspecified atom stereocenters. The Kier molecular flexibility index (Phi) is 18.2. The van der Waals surface area contributed by atoms with E-state index in [2.05, 4.69) is 60.8 Å². The smallest absolute Gasteiger partial charge is 0.548 e. The maximum absolute atomic E-state index is 10.6. The van der Waals surface area contributed by atoms with Gasteiger partial charge in [-0.1, -0.05) is 0 Å². The molecule has 4 fully saturated rings. The molecule has 4 atom stereocenters. The number of rotatable bonds is 4. The van der Waals surface area contributed by atoms with E-state index in [9.17, 15) is 39.6 Å². The minimum absolute atomic E-state index is 0. The van der Waals surface area contributed by atoms with Gasteiger partial charge in [0.25, 0.3) is 0 Å². The molecule has 4 N–H and O–H groups in total. The van der Waals surface area contributed by atoms with E-state index in [0.717, 1.165) is 128 Å². The number of fused-ring (bicyclic) bond motifs is 4. The molecule has 0 aromatic rings. The largest absolute Gasteiger partial charge is 2.00 e. The van der Waals surface area contributed by atoms with Crippen molar-refractivity contribution in [2.24, 2.45) is 20.0 Å². The van der Waals surface area contributed by atoms with Crippen molar-refractivity contribution in [1.29, 1.82) is 0 Å². The molecule has 20 nitrogen and oxygen atoms in total. The van der Waals surface area contributed by atoms with Gasteiger partial charge in [-0.2, -0.15) is 0 Å². The quantitative estimate of drug-likeness (QED) is 0.204. The monoisotopic (exact) mass is 1100 g/mol. The first-order valence-electron chi connectivity index (χ1n) is 18.2. The van der Waals surface area contributed by atoms with Crippen LogP contribution in [-0.4, -0.2) is 170 Å². The molecule has 0 spiro atoms.